The molecule has 19 heavy (non-hydrogen) atoms. The van der Waals surface area contributed by atoms with E-state index in [0.717, 1.165) is 36.8 Å². The van der Waals surface area contributed by atoms with Crippen molar-refractivity contribution in [2.45, 2.75) is 44.9 Å². The predicted octanol–water partition coefficient (Wildman–Crippen LogP) is 2.35. The molecule has 3 atom stereocenters. The fraction of sp³-hybridized carbons (Fsp3) is 0.933. The third kappa shape index (κ3) is 4.35. The molecule has 3 fully saturated rings. The van der Waals surface area contributed by atoms with E-state index in [1.54, 1.807) is 0 Å². The zero-order chi connectivity index (χ0) is 12.4. The van der Waals surface area contributed by atoms with E-state index in [9.17, 15) is 4.79 Å². The Morgan fingerprint density at radius 2 is 1.95 bits per heavy atom. The van der Waals surface area contributed by atoms with Crippen LogP contribution < -0.4 is 10.6 Å². The maximum absolute atomic E-state index is 11.6. The van der Waals surface area contributed by atoms with Gasteiger partial charge in [0.2, 0.25) is 5.91 Å². The van der Waals surface area contributed by atoms with Crippen LogP contribution in [0.1, 0.15) is 44.9 Å². The smallest absolute Gasteiger partial charge is 0.233 e. The minimum Gasteiger partial charge on any atom is -0.355 e. The van der Waals surface area contributed by atoms with Crippen molar-refractivity contribution in [3.05, 3.63) is 0 Å². The summed E-state index contributed by atoms with van der Waals surface area (Å²) in [5.41, 5.74) is 0. The van der Waals surface area contributed by atoms with Crippen molar-refractivity contribution >= 4 is 18.3 Å². The second kappa shape index (κ2) is 6.94. The first kappa shape index (κ1) is 15.1. The molecule has 0 heterocycles. The van der Waals surface area contributed by atoms with Crippen LogP contribution in [0.15, 0.2) is 0 Å². The highest BCUT2D eigenvalue weighted by Gasteiger charge is 2.38. The lowest BCUT2D eigenvalue weighted by atomic mass is 9.86. The topological polar surface area (TPSA) is 41.1 Å². The van der Waals surface area contributed by atoms with E-state index in [1.165, 1.54) is 44.9 Å². The van der Waals surface area contributed by atoms with Crippen LogP contribution in [0.25, 0.3) is 0 Å². The van der Waals surface area contributed by atoms with Crippen LogP contribution in [0.2, 0.25) is 0 Å². The van der Waals surface area contributed by atoms with Crippen LogP contribution in [0.5, 0.6) is 0 Å². The van der Waals surface area contributed by atoms with E-state index in [4.69, 9.17) is 0 Å². The zero-order valence-electron chi connectivity index (χ0n) is 11.7. The van der Waals surface area contributed by atoms with Gasteiger partial charge in [0, 0.05) is 6.54 Å². The van der Waals surface area contributed by atoms with Crippen LogP contribution in [0, 0.1) is 23.7 Å². The summed E-state index contributed by atoms with van der Waals surface area (Å²) in [6, 6.07) is 0. The Kier molecular flexibility index (Phi) is 5.52. The summed E-state index contributed by atoms with van der Waals surface area (Å²) in [6.07, 6.45) is 9.72. The molecule has 3 unspecified atom stereocenters. The monoisotopic (exact) mass is 286 g/mol. The molecule has 0 spiro atoms. The van der Waals surface area contributed by atoms with Gasteiger partial charge in [0.15, 0.2) is 0 Å². The molecule has 3 nitrogen and oxygen atoms in total. The van der Waals surface area contributed by atoms with Gasteiger partial charge in [0.25, 0.3) is 0 Å². The predicted molar refractivity (Wildman–Crippen MR) is 79.4 cm³/mol. The molecule has 2 bridgehead atoms. The molecular weight excluding hydrogens is 260 g/mol. The first-order chi connectivity index (χ1) is 8.81. The quantitative estimate of drug-likeness (QED) is 0.754. The Morgan fingerprint density at radius 1 is 1.11 bits per heavy atom. The summed E-state index contributed by atoms with van der Waals surface area (Å²) in [7, 11) is 0. The second-order valence-corrected chi connectivity index (χ2v) is 6.65. The number of hydrogen-bond donors (Lipinski definition) is 2. The highest BCUT2D eigenvalue weighted by atomic mass is 35.5. The molecule has 3 saturated carbocycles. The third-order valence-electron chi connectivity index (χ3n) is 5.14. The van der Waals surface area contributed by atoms with Gasteiger partial charge in [-0.1, -0.05) is 6.42 Å². The Morgan fingerprint density at radius 3 is 2.58 bits per heavy atom. The highest BCUT2D eigenvalue weighted by Crippen LogP contribution is 2.49. The zero-order valence-corrected chi connectivity index (χ0v) is 12.5. The average Bonchev–Trinajstić information content (AvgIpc) is 2.95. The van der Waals surface area contributed by atoms with Gasteiger partial charge >= 0.3 is 0 Å². The molecule has 0 aromatic rings. The molecule has 3 aliphatic carbocycles. The number of fused-ring (bicyclic) bond motifs is 2. The summed E-state index contributed by atoms with van der Waals surface area (Å²) < 4.78 is 0. The van der Waals surface area contributed by atoms with Crippen LogP contribution in [-0.4, -0.2) is 25.5 Å². The van der Waals surface area contributed by atoms with Gasteiger partial charge in [-0.05, 0) is 68.7 Å². The van der Waals surface area contributed by atoms with Gasteiger partial charge in [-0.15, -0.1) is 12.4 Å². The molecule has 0 aromatic carbocycles. The molecule has 3 rings (SSSR count). The molecular formula is C15H27ClN2O. The normalized spacial score (nSPS) is 32.1. The Balaban J connectivity index is 0.00000133. The highest BCUT2D eigenvalue weighted by molar-refractivity contribution is 5.85. The Bertz CT molecular complexity index is 307. The minimum absolute atomic E-state index is 0. The lowest BCUT2D eigenvalue weighted by molar-refractivity contribution is -0.120. The standard InChI is InChI=1S/C15H26N2O.ClH/c18-15(10-16-9-11-1-2-11)17-6-5-14-8-12-3-4-13(14)7-12;/h11-14,16H,1-10H2,(H,17,18);1H. The van der Waals surface area contributed by atoms with Crippen molar-refractivity contribution in [3.63, 3.8) is 0 Å². The third-order valence-corrected chi connectivity index (χ3v) is 5.14. The molecule has 1 amide bonds. The van der Waals surface area contributed by atoms with E-state index >= 15 is 0 Å². The Hall–Kier alpha value is -0.280. The average molecular weight is 287 g/mol. The number of rotatable bonds is 7. The number of carbonyl (C=O) groups is 1. The van der Waals surface area contributed by atoms with Crippen LogP contribution in [-0.2, 0) is 4.79 Å². The molecule has 3 aliphatic rings. The molecule has 4 heteroatoms. The minimum atomic E-state index is 0. The van der Waals surface area contributed by atoms with Crippen molar-refractivity contribution in [2.24, 2.45) is 23.7 Å². The summed E-state index contributed by atoms with van der Waals surface area (Å²) >= 11 is 0. The lowest BCUT2D eigenvalue weighted by Gasteiger charge is -2.21. The van der Waals surface area contributed by atoms with E-state index < -0.39 is 0 Å². The fourth-order valence-corrected chi connectivity index (χ4v) is 3.90. The van der Waals surface area contributed by atoms with Gasteiger partial charge in [0.05, 0.1) is 6.54 Å². The van der Waals surface area contributed by atoms with Crippen molar-refractivity contribution in [1.82, 2.24) is 10.6 Å². The van der Waals surface area contributed by atoms with E-state index in [-0.39, 0.29) is 18.3 Å². The van der Waals surface area contributed by atoms with Crippen molar-refractivity contribution in [2.75, 3.05) is 19.6 Å². The molecule has 0 aliphatic heterocycles. The SMILES string of the molecule is Cl.O=C(CNCC1CC1)NCCC1CC2CCC1C2. The van der Waals surface area contributed by atoms with Gasteiger partial charge in [-0.25, -0.2) is 0 Å². The molecule has 0 aromatic heterocycles. The van der Waals surface area contributed by atoms with Crippen molar-refractivity contribution < 1.29 is 4.79 Å². The second-order valence-electron chi connectivity index (χ2n) is 6.65. The molecule has 0 saturated heterocycles. The van der Waals surface area contributed by atoms with Crippen molar-refractivity contribution in [1.29, 1.82) is 0 Å². The lowest BCUT2D eigenvalue weighted by Crippen LogP contribution is -2.35. The van der Waals surface area contributed by atoms with Crippen LogP contribution >= 0.6 is 12.4 Å². The van der Waals surface area contributed by atoms with Crippen LogP contribution in [0.4, 0.5) is 0 Å². The maximum atomic E-state index is 11.6. The van der Waals surface area contributed by atoms with Gasteiger partial charge < -0.3 is 10.6 Å². The first-order valence-electron chi connectivity index (χ1n) is 7.78. The number of halogens is 1. The number of amides is 1. The van der Waals surface area contributed by atoms with Crippen LogP contribution in [0.3, 0.4) is 0 Å². The number of hydrogen-bond acceptors (Lipinski definition) is 2. The fourth-order valence-electron chi connectivity index (χ4n) is 3.90. The first-order valence-corrected chi connectivity index (χ1v) is 7.78. The van der Waals surface area contributed by atoms with Gasteiger partial charge in [-0.2, -0.15) is 0 Å². The molecule has 0 radical (unpaired) electrons. The molecule has 2 N–H and O–H groups in total. The number of carbonyl (C=O) groups excluding carboxylic acids is 1. The summed E-state index contributed by atoms with van der Waals surface area (Å²) in [4.78, 5) is 11.6. The van der Waals surface area contributed by atoms with E-state index in [1.807, 2.05) is 0 Å². The molecule has 110 valence electrons. The number of nitrogens with one attached hydrogen (secondary N) is 2. The van der Waals surface area contributed by atoms with E-state index in [2.05, 4.69) is 10.6 Å². The van der Waals surface area contributed by atoms with Gasteiger partial charge in [-0.3, -0.25) is 4.79 Å². The summed E-state index contributed by atoms with van der Waals surface area (Å²) in [5, 5.41) is 6.30. The Labute approximate surface area is 122 Å². The largest absolute Gasteiger partial charge is 0.355 e. The van der Waals surface area contributed by atoms with Gasteiger partial charge in [0.1, 0.15) is 0 Å². The summed E-state index contributed by atoms with van der Waals surface area (Å²) in [5.74, 6) is 3.95. The van der Waals surface area contributed by atoms with Crippen molar-refractivity contribution in [3.8, 4) is 0 Å². The van der Waals surface area contributed by atoms with E-state index in [0.29, 0.717) is 6.54 Å². The maximum Gasteiger partial charge on any atom is 0.233 e. The summed E-state index contributed by atoms with van der Waals surface area (Å²) in [6.45, 7) is 2.42.